The molecule has 0 radical (unpaired) electrons. The van der Waals surface area contributed by atoms with Crippen LogP contribution in [0, 0.1) is 0 Å². The highest BCUT2D eigenvalue weighted by molar-refractivity contribution is 7.45. The van der Waals surface area contributed by atoms with Crippen molar-refractivity contribution in [3.05, 3.63) is 85.1 Å². The highest BCUT2D eigenvalue weighted by atomic mass is 31.2. The number of rotatable bonds is 39. The lowest BCUT2D eigenvalue weighted by molar-refractivity contribution is -0.870. The molecule has 0 bridgehead atoms. The molecule has 0 aliphatic rings. The lowest BCUT2D eigenvalue weighted by Crippen LogP contribution is -2.37. The molecule has 0 spiro atoms. The predicted molar refractivity (Wildman–Crippen MR) is 241 cm³/mol. The van der Waals surface area contributed by atoms with Crippen LogP contribution in [0.1, 0.15) is 149 Å². The summed E-state index contributed by atoms with van der Waals surface area (Å²) < 4.78 is 33.7. The Morgan fingerprint density at radius 1 is 0.576 bits per heavy atom. The third kappa shape index (κ3) is 42.8. The topological polar surface area (TPSA) is 128 Å². The van der Waals surface area contributed by atoms with Gasteiger partial charge in [-0.25, -0.2) is 0 Å². The number of likely N-dealkylation sites (N-methyl/N-ethyl adjacent to an activating group) is 1. The number of carbonyl (C=O) groups excluding carboxylic acids is 3. The Morgan fingerprint density at radius 3 is 1.68 bits per heavy atom. The van der Waals surface area contributed by atoms with Crippen LogP contribution >= 0.6 is 7.82 Å². The normalized spacial score (nSPS) is 14.3. The molecule has 0 fully saturated rings. The molecule has 59 heavy (non-hydrogen) atoms. The number of quaternary nitrogens is 1. The van der Waals surface area contributed by atoms with Gasteiger partial charge in [-0.15, -0.1) is 0 Å². The molecular weight excluding hydrogens is 766 g/mol. The summed E-state index contributed by atoms with van der Waals surface area (Å²) in [5.41, 5.74) is 0. The van der Waals surface area contributed by atoms with Crippen molar-refractivity contribution in [2.24, 2.45) is 0 Å². The number of hydrogen-bond donors (Lipinski definition) is 0. The molecule has 10 nitrogen and oxygen atoms in total. The van der Waals surface area contributed by atoms with Crippen molar-refractivity contribution in [1.82, 2.24) is 0 Å². The Kier molecular flexibility index (Phi) is 36.9. The van der Waals surface area contributed by atoms with Gasteiger partial charge >= 0.3 is 11.9 Å². The van der Waals surface area contributed by atoms with Crippen molar-refractivity contribution in [3.63, 3.8) is 0 Å². The van der Waals surface area contributed by atoms with E-state index in [9.17, 15) is 23.8 Å². The molecule has 0 amide bonds. The van der Waals surface area contributed by atoms with E-state index in [1.54, 1.807) is 6.08 Å². The number of ketones is 1. The Labute approximate surface area is 358 Å². The number of allylic oxidation sites excluding steroid dienone is 14. The van der Waals surface area contributed by atoms with Gasteiger partial charge in [0.25, 0.3) is 7.82 Å². The zero-order chi connectivity index (χ0) is 43.7. The van der Waals surface area contributed by atoms with Crippen LogP contribution in [0.5, 0.6) is 0 Å². The van der Waals surface area contributed by atoms with E-state index < -0.39 is 32.5 Å². The minimum absolute atomic E-state index is 0.0684. The number of nitrogens with zero attached hydrogens (tertiary/aromatic N) is 1. The molecule has 0 saturated heterocycles. The maximum Gasteiger partial charge on any atom is 0.306 e. The Morgan fingerprint density at radius 2 is 1.10 bits per heavy atom. The summed E-state index contributed by atoms with van der Waals surface area (Å²) >= 11 is 0. The first-order valence-corrected chi connectivity index (χ1v) is 23.7. The van der Waals surface area contributed by atoms with Crippen LogP contribution in [-0.4, -0.2) is 75.8 Å². The average molecular weight is 846 g/mol. The summed E-state index contributed by atoms with van der Waals surface area (Å²) in [6.07, 6.45) is 45.9. The summed E-state index contributed by atoms with van der Waals surface area (Å²) in [4.78, 5) is 49.6. The van der Waals surface area contributed by atoms with Crippen molar-refractivity contribution in [2.75, 3.05) is 47.5 Å². The number of ether oxygens (including phenoxy) is 2. The summed E-state index contributed by atoms with van der Waals surface area (Å²) in [6, 6.07) is 0. The van der Waals surface area contributed by atoms with Gasteiger partial charge in [0.2, 0.25) is 0 Å². The molecule has 0 aliphatic heterocycles. The quantitative estimate of drug-likeness (QED) is 0.0113. The molecule has 1 unspecified atom stereocenters. The van der Waals surface area contributed by atoms with Crippen LogP contribution in [0.25, 0.3) is 0 Å². The number of phosphoric acid groups is 1. The van der Waals surface area contributed by atoms with Crippen molar-refractivity contribution >= 4 is 25.5 Å². The third-order valence-corrected chi connectivity index (χ3v) is 9.84. The minimum atomic E-state index is -4.68. The van der Waals surface area contributed by atoms with Gasteiger partial charge in [-0.2, -0.15) is 0 Å². The van der Waals surface area contributed by atoms with Gasteiger partial charge < -0.3 is 27.9 Å². The highest BCUT2D eigenvalue weighted by Gasteiger charge is 2.21. The molecule has 0 aromatic rings. The Hall–Kier alpha value is -3.14. The molecule has 0 aromatic heterocycles. The maximum atomic E-state index is 12.7. The second-order valence-electron chi connectivity index (χ2n) is 15.7. The summed E-state index contributed by atoms with van der Waals surface area (Å²) in [6.45, 7) is 3.89. The van der Waals surface area contributed by atoms with E-state index in [1.165, 1.54) is 44.9 Å². The molecule has 0 aromatic carbocycles. The summed E-state index contributed by atoms with van der Waals surface area (Å²) in [7, 11) is 1.04. The van der Waals surface area contributed by atoms with Gasteiger partial charge in [-0.1, -0.05) is 138 Å². The number of hydrogen-bond acceptors (Lipinski definition) is 9. The van der Waals surface area contributed by atoms with E-state index in [2.05, 4.69) is 68.5 Å². The zero-order valence-electron chi connectivity index (χ0n) is 37.4. The highest BCUT2D eigenvalue weighted by Crippen LogP contribution is 2.38. The first-order valence-electron chi connectivity index (χ1n) is 22.2. The predicted octanol–water partition coefficient (Wildman–Crippen LogP) is 11.3. The van der Waals surface area contributed by atoms with Gasteiger partial charge in [-0.3, -0.25) is 18.9 Å². The van der Waals surface area contributed by atoms with Crippen molar-refractivity contribution in [1.29, 1.82) is 0 Å². The first-order chi connectivity index (χ1) is 28.4. The number of esters is 2. The monoisotopic (exact) mass is 846 g/mol. The number of phosphoric ester groups is 1. The fourth-order valence-electron chi connectivity index (χ4n) is 5.32. The fraction of sp³-hybridized carbons (Fsp3) is 0.646. The molecule has 0 rings (SSSR count). The molecule has 11 heteroatoms. The molecule has 0 heterocycles. The van der Waals surface area contributed by atoms with E-state index in [0.29, 0.717) is 30.3 Å². The molecule has 336 valence electrons. The second-order valence-corrected chi connectivity index (χ2v) is 17.1. The lowest BCUT2D eigenvalue weighted by Gasteiger charge is -2.28. The Bertz CT molecular complexity index is 1340. The van der Waals surface area contributed by atoms with Gasteiger partial charge in [0.15, 0.2) is 11.9 Å². The molecule has 0 saturated carbocycles. The SMILES string of the molecule is CCCCC/C=C\C=C\C(=O)CCCCCCCC(=O)O[C@H](COC(=O)CC/C=C\C/C=C\C/C=C\C/C=C\C/C=C\CCCCC)COP(=O)([O-])OCC[N+](C)(C)C. The van der Waals surface area contributed by atoms with E-state index >= 15 is 0 Å². The third-order valence-electron chi connectivity index (χ3n) is 8.88. The molecule has 2 atom stereocenters. The summed E-state index contributed by atoms with van der Waals surface area (Å²) in [5.74, 6) is -0.924. The van der Waals surface area contributed by atoms with Crippen LogP contribution in [0.2, 0.25) is 0 Å². The van der Waals surface area contributed by atoms with Gasteiger partial charge in [0, 0.05) is 19.3 Å². The smallest absolute Gasteiger partial charge is 0.306 e. The van der Waals surface area contributed by atoms with Crippen LogP contribution in [0.4, 0.5) is 0 Å². The lowest BCUT2D eigenvalue weighted by atomic mass is 10.1. The molecular formula is C48H80NO9P. The molecule has 0 aliphatic carbocycles. The molecule has 0 N–H and O–H groups in total. The van der Waals surface area contributed by atoms with Crippen LogP contribution in [-0.2, 0) is 37.5 Å². The van der Waals surface area contributed by atoms with Crippen molar-refractivity contribution < 1.29 is 46.8 Å². The number of carbonyl (C=O) groups is 3. The van der Waals surface area contributed by atoms with Crippen LogP contribution < -0.4 is 4.89 Å². The van der Waals surface area contributed by atoms with E-state index in [-0.39, 0.29) is 31.8 Å². The van der Waals surface area contributed by atoms with Crippen molar-refractivity contribution in [3.8, 4) is 0 Å². The Balaban J connectivity index is 4.57. The largest absolute Gasteiger partial charge is 0.756 e. The second kappa shape index (κ2) is 39.0. The standard InChI is InChI=1S/C48H80NO9P/c1-6-8-10-12-14-15-16-17-18-19-20-21-22-23-24-25-27-31-35-39-47(51)55-43-46(44-57-59(53,54)56-42-41-49(3,4)5)58-48(52)40-36-32-28-30-34-38-45(50)37-33-29-26-13-11-9-7-2/h14-15,17-18,20-21,23-24,26-27,29,31,33,37,46H,6-13,16,19,22,25,28,30,32,34-36,38-44H2,1-5H3/b15-14-,18-17-,21-20-,24-23-,29-26-,31-27-,37-33+/t46-/m1/s1. The fourth-order valence-corrected chi connectivity index (χ4v) is 6.05. The van der Waals surface area contributed by atoms with E-state index in [4.69, 9.17) is 18.5 Å². The van der Waals surface area contributed by atoms with Crippen molar-refractivity contribution in [2.45, 2.75) is 155 Å². The van der Waals surface area contributed by atoms with Gasteiger partial charge in [0.1, 0.15) is 19.8 Å². The minimum Gasteiger partial charge on any atom is -0.756 e. The summed E-state index contributed by atoms with van der Waals surface area (Å²) in [5, 5.41) is 0. The van der Waals surface area contributed by atoms with Gasteiger partial charge in [-0.05, 0) is 76.7 Å². The van der Waals surface area contributed by atoms with Crippen LogP contribution in [0.3, 0.4) is 0 Å². The van der Waals surface area contributed by atoms with Gasteiger partial charge in [0.05, 0.1) is 27.7 Å². The van der Waals surface area contributed by atoms with Crippen LogP contribution in [0.15, 0.2) is 85.1 Å². The maximum absolute atomic E-state index is 12.7. The number of unbranched alkanes of at least 4 members (excludes halogenated alkanes) is 10. The first kappa shape index (κ1) is 55.9. The van der Waals surface area contributed by atoms with E-state index in [0.717, 1.165) is 57.8 Å². The average Bonchev–Trinajstić information content (AvgIpc) is 3.18. The zero-order valence-corrected chi connectivity index (χ0v) is 38.3. The van der Waals surface area contributed by atoms with E-state index in [1.807, 2.05) is 45.4 Å².